The zero-order chi connectivity index (χ0) is 15.5. The maximum absolute atomic E-state index is 12.5. The van der Waals surface area contributed by atoms with E-state index in [1.807, 2.05) is 0 Å². The molecule has 0 radical (unpaired) electrons. The zero-order valence-corrected chi connectivity index (χ0v) is 13.1. The van der Waals surface area contributed by atoms with Gasteiger partial charge >= 0.3 is 0 Å². The van der Waals surface area contributed by atoms with Gasteiger partial charge in [-0.25, -0.2) is 5.14 Å². The second-order valence-corrected chi connectivity index (χ2v) is 7.02. The Morgan fingerprint density at radius 1 is 1.29 bits per heavy atom. The van der Waals surface area contributed by atoms with Gasteiger partial charge in [-0.3, -0.25) is 4.79 Å². The van der Waals surface area contributed by atoms with E-state index in [-0.39, 0.29) is 31.0 Å². The van der Waals surface area contributed by atoms with Crippen molar-refractivity contribution in [3.8, 4) is 0 Å². The first-order chi connectivity index (χ1) is 9.93. The monoisotopic (exact) mass is 320 g/mol. The zero-order valence-electron chi connectivity index (χ0n) is 12.3. The van der Waals surface area contributed by atoms with Gasteiger partial charge in [-0.05, 0) is 13.0 Å². The van der Waals surface area contributed by atoms with Crippen LogP contribution >= 0.6 is 0 Å². The molecule has 2 saturated heterocycles. The van der Waals surface area contributed by atoms with Gasteiger partial charge < -0.3 is 15.0 Å². The summed E-state index contributed by atoms with van der Waals surface area (Å²) in [7, 11) is -3.66. The van der Waals surface area contributed by atoms with Crippen LogP contribution in [0.1, 0.15) is 13.3 Å². The van der Waals surface area contributed by atoms with Crippen LogP contribution < -0.4 is 10.5 Å². The minimum atomic E-state index is -3.66. The summed E-state index contributed by atoms with van der Waals surface area (Å²) >= 11 is 0. The number of carbonyl (C=O) groups is 1. The van der Waals surface area contributed by atoms with Gasteiger partial charge in [0.1, 0.15) is 0 Å². The van der Waals surface area contributed by atoms with Crippen molar-refractivity contribution in [3.05, 3.63) is 0 Å². The first-order valence-electron chi connectivity index (χ1n) is 7.31. The number of piperazine rings is 1. The standard InChI is InChI=1S/C12H24N4O4S/c1-2-3-14-11-9-20-8-10(11)12(17)15-4-6-16(7-5-15)21(13,18)19/h10-11,14H,2-9H2,1H3,(H2,13,18,19). The second-order valence-electron chi connectivity index (χ2n) is 5.47. The normalized spacial score (nSPS) is 28.0. The summed E-state index contributed by atoms with van der Waals surface area (Å²) < 4.78 is 29.1. The molecular formula is C12H24N4O4S. The number of nitrogens with one attached hydrogen (secondary N) is 1. The number of hydrogen-bond acceptors (Lipinski definition) is 5. The molecule has 2 atom stereocenters. The summed E-state index contributed by atoms with van der Waals surface area (Å²) in [5.41, 5.74) is 0. The molecule has 21 heavy (non-hydrogen) atoms. The van der Waals surface area contributed by atoms with Crippen molar-refractivity contribution in [3.63, 3.8) is 0 Å². The molecule has 2 aliphatic heterocycles. The Kier molecular flexibility index (Phi) is 5.55. The number of hydrogen-bond donors (Lipinski definition) is 2. The highest BCUT2D eigenvalue weighted by molar-refractivity contribution is 7.86. The summed E-state index contributed by atoms with van der Waals surface area (Å²) in [6, 6.07) is 0.0497. The molecule has 0 bridgehead atoms. The van der Waals surface area contributed by atoms with Crippen LogP contribution in [0.25, 0.3) is 0 Å². The average Bonchev–Trinajstić information content (AvgIpc) is 2.92. The SMILES string of the molecule is CCCNC1COCC1C(=O)N1CCN(S(N)(=O)=O)CC1. The van der Waals surface area contributed by atoms with E-state index in [4.69, 9.17) is 9.88 Å². The molecule has 1 amide bonds. The van der Waals surface area contributed by atoms with Crippen LogP contribution in [0.15, 0.2) is 0 Å². The minimum absolute atomic E-state index is 0.0372. The fraction of sp³-hybridized carbons (Fsp3) is 0.917. The summed E-state index contributed by atoms with van der Waals surface area (Å²) in [6.45, 7) is 5.18. The van der Waals surface area contributed by atoms with E-state index in [1.54, 1.807) is 4.90 Å². The molecule has 0 aliphatic carbocycles. The molecule has 0 saturated carbocycles. The molecule has 3 N–H and O–H groups in total. The lowest BCUT2D eigenvalue weighted by atomic mass is 10.0. The molecule has 9 heteroatoms. The van der Waals surface area contributed by atoms with Crippen LogP contribution in [-0.4, -0.2) is 75.5 Å². The fourth-order valence-corrected chi connectivity index (χ4v) is 3.40. The quantitative estimate of drug-likeness (QED) is 0.631. The van der Waals surface area contributed by atoms with Crippen LogP contribution in [-0.2, 0) is 19.7 Å². The maximum Gasteiger partial charge on any atom is 0.277 e. The molecule has 2 unspecified atom stereocenters. The fourth-order valence-electron chi connectivity index (χ4n) is 2.73. The van der Waals surface area contributed by atoms with E-state index in [0.717, 1.165) is 13.0 Å². The number of amides is 1. The third-order valence-corrected chi connectivity index (χ3v) is 5.05. The first-order valence-corrected chi connectivity index (χ1v) is 8.81. The Balaban J connectivity index is 1.89. The van der Waals surface area contributed by atoms with E-state index >= 15 is 0 Å². The summed E-state index contributed by atoms with van der Waals surface area (Å²) in [4.78, 5) is 14.2. The van der Waals surface area contributed by atoms with Crippen molar-refractivity contribution in [2.75, 3.05) is 45.9 Å². The largest absolute Gasteiger partial charge is 0.379 e. The Morgan fingerprint density at radius 2 is 1.95 bits per heavy atom. The molecule has 8 nitrogen and oxygen atoms in total. The summed E-state index contributed by atoms with van der Waals surface area (Å²) in [5.74, 6) is -0.146. The van der Waals surface area contributed by atoms with Crippen molar-refractivity contribution in [2.45, 2.75) is 19.4 Å². The lowest BCUT2D eigenvalue weighted by molar-refractivity contribution is -0.137. The third-order valence-electron chi connectivity index (χ3n) is 3.96. The Labute approximate surface area is 125 Å². The van der Waals surface area contributed by atoms with Gasteiger partial charge in [0.15, 0.2) is 0 Å². The molecule has 2 rings (SSSR count). The Bertz CT molecular complexity index is 462. The minimum Gasteiger partial charge on any atom is -0.379 e. The molecule has 0 spiro atoms. The Morgan fingerprint density at radius 3 is 2.52 bits per heavy atom. The predicted octanol–water partition coefficient (Wildman–Crippen LogP) is -1.65. The first kappa shape index (κ1) is 16.6. The number of ether oxygens (including phenoxy) is 1. The van der Waals surface area contributed by atoms with Crippen molar-refractivity contribution in [1.82, 2.24) is 14.5 Å². The number of carbonyl (C=O) groups excluding carboxylic acids is 1. The predicted molar refractivity (Wildman–Crippen MR) is 77.7 cm³/mol. The topological polar surface area (TPSA) is 105 Å². The van der Waals surface area contributed by atoms with Crippen LogP contribution in [0.5, 0.6) is 0 Å². The molecule has 2 heterocycles. The molecular weight excluding hydrogens is 296 g/mol. The number of rotatable bonds is 5. The van der Waals surface area contributed by atoms with E-state index in [2.05, 4.69) is 12.2 Å². The lowest BCUT2D eigenvalue weighted by Gasteiger charge is -2.35. The smallest absolute Gasteiger partial charge is 0.277 e. The van der Waals surface area contributed by atoms with Gasteiger partial charge in [-0.1, -0.05) is 6.92 Å². The van der Waals surface area contributed by atoms with Crippen molar-refractivity contribution >= 4 is 16.1 Å². The van der Waals surface area contributed by atoms with E-state index in [1.165, 1.54) is 4.31 Å². The van der Waals surface area contributed by atoms with Gasteiger partial charge in [0.25, 0.3) is 10.2 Å². The van der Waals surface area contributed by atoms with Gasteiger partial charge in [0.2, 0.25) is 5.91 Å². The van der Waals surface area contributed by atoms with Gasteiger partial charge in [0.05, 0.1) is 19.1 Å². The number of nitrogens with zero attached hydrogens (tertiary/aromatic N) is 2. The molecule has 0 aromatic carbocycles. The molecule has 0 aromatic rings. The van der Waals surface area contributed by atoms with E-state index in [9.17, 15) is 13.2 Å². The molecule has 122 valence electrons. The molecule has 2 fully saturated rings. The second kappa shape index (κ2) is 7.01. The Hall–Kier alpha value is -0.740. The van der Waals surface area contributed by atoms with Crippen molar-refractivity contribution < 1.29 is 17.9 Å². The number of nitrogens with two attached hydrogens (primary N) is 1. The summed E-state index contributed by atoms with van der Waals surface area (Å²) in [6.07, 6.45) is 1.00. The molecule has 0 aromatic heterocycles. The van der Waals surface area contributed by atoms with Crippen LogP contribution in [0.4, 0.5) is 0 Å². The highest BCUT2D eigenvalue weighted by Crippen LogP contribution is 2.18. The van der Waals surface area contributed by atoms with Gasteiger partial charge in [-0.2, -0.15) is 12.7 Å². The van der Waals surface area contributed by atoms with Crippen molar-refractivity contribution in [1.29, 1.82) is 0 Å². The average molecular weight is 320 g/mol. The highest BCUT2D eigenvalue weighted by Gasteiger charge is 2.37. The van der Waals surface area contributed by atoms with Gasteiger partial charge in [0, 0.05) is 32.2 Å². The van der Waals surface area contributed by atoms with E-state index < -0.39 is 10.2 Å². The molecule has 2 aliphatic rings. The van der Waals surface area contributed by atoms with Crippen LogP contribution in [0.3, 0.4) is 0 Å². The highest BCUT2D eigenvalue weighted by atomic mass is 32.2. The van der Waals surface area contributed by atoms with Gasteiger partial charge in [-0.15, -0.1) is 0 Å². The van der Waals surface area contributed by atoms with Crippen LogP contribution in [0, 0.1) is 5.92 Å². The van der Waals surface area contributed by atoms with E-state index in [0.29, 0.717) is 26.3 Å². The lowest BCUT2D eigenvalue weighted by Crippen LogP contribution is -2.55. The third kappa shape index (κ3) is 4.13. The summed E-state index contributed by atoms with van der Waals surface area (Å²) in [5, 5.41) is 8.43. The van der Waals surface area contributed by atoms with Crippen LogP contribution in [0.2, 0.25) is 0 Å². The maximum atomic E-state index is 12.5. The van der Waals surface area contributed by atoms with Crippen molar-refractivity contribution in [2.24, 2.45) is 11.1 Å².